The van der Waals surface area contributed by atoms with E-state index in [2.05, 4.69) is 26.1 Å². The molecule has 0 amide bonds. The number of hydrogen-bond acceptors (Lipinski definition) is 1. The average molecular weight is 197 g/mol. The average Bonchev–Trinajstić information content (AvgIpc) is 2.20. The zero-order valence-corrected chi connectivity index (χ0v) is 10.2. The van der Waals surface area contributed by atoms with Crippen molar-refractivity contribution in [2.45, 2.75) is 77.8 Å². The van der Waals surface area contributed by atoms with Crippen LogP contribution in [0.1, 0.15) is 65.7 Å². The van der Waals surface area contributed by atoms with E-state index < -0.39 is 0 Å². The highest BCUT2D eigenvalue weighted by molar-refractivity contribution is 4.81. The molecule has 0 radical (unpaired) electrons. The van der Waals surface area contributed by atoms with Crippen molar-refractivity contribution in [1.29, 1.82) is 0 Å². The van der Waals surface area contributed by atoms with E-state index in [9.17, 15) is 0 Å². The van der Waals surface area contributed by atoms with Crippen LogP contribution in [0.15, 0.2) is 0 Å². The maximum Gasteiger partial charge on any atom is 0.00952 e. The Morgan fingerprint density at radius 1 is 1.21 bits per heavy atom. The second-order valence-corrected chi connectivity index (χ2v) is 4.93. The van der Waals surface area contributed by atoms with Crippen molar-refractivity contribution in [3.8, 4) is 0 Å². The van der Waals surface area contributed by atoms with Crippen LogP contribution in [-0.2, 0) is 0 Å². The maximum absolute atomic E-state index is 3.86. The van der Waals surface area contributed by atoms with E-state index in [1.54, 1.807) is 0 Å². The zero-order valence-electron chi connectivity index (χ0n) is 10.2. The number of rotatable bonds is 5. The fourth-order valence-corrected chi connectivity index (χ4v) is 2.62. The van der Waals surface area contributed by atoms with Crippen LogP contribution < -0.4 is 5.32 Å². The molecule has 0 aromatic carbocycles. The van der Waals surface area contributed by atoms with E-state index in [1.165, 1.54) is 44.9 Å². The van der Waals surface area contributed by atoms with Gasteiger partial charge in [-0.15, -0.1) is 0 Å². The van der Waals surface area contributed by atoms with E-state index in [0.29, 0.717) is 0 Å². The smallest absolute Gasteiger partial charge is 0.00952 e. The van der Waals surface area contributed by atoms with Crippen molar-refractivity contribution >= 4 is 0 Å². The summed E-state index contributed by atoms with van der Waals surface area (Å²) in [7, 11) is 0. The van der Waals surface area contributed by atoms with Crippen LogP contribution in [0.2, 0.25) is 0 Å². The third-order valence-corrected chi connectivity index (χ3v) is 3.69. The van der Waals surface area contributed by atoms with Crippen molar-refractivity contribution < 1.29 is 0 Å². The summed E-state index contributed by atoms with van der Waals surface area (Å²) in [4.78, 5) is 0. The molecular formula is C13H27N. The molecule has 14 heavy (non-hydrogen) atoms. The Morgan fingerprint density at radius 3 is 2.50 bits per heavy atom. The first-order valence-electron chi connectivity index (χ1n) is 6.54. The standard InChI is InChI=1S/C13H27N/c1-4-8-12(5-2)14-13-10-7-6-9-11(13)3/h11-14H,4-10H2,1-3H3. The lowest BCUT2D eigenvalue weighted by Crippen LogP contribution is -2.43. The van der Waals surface area contributed by atoms with Crippen LogP contribution in [-0.4, -0.2) is 12.1 Å². The summed E-state index contributed by atoms with van der Waals surface area (Å²) in [6, 6.07) is 1.57. The molecule has 1 heteroatoms. The molecule has 84 valence electrons. The molecule has 0 saturated heterocycles. The van der Waals surface area contributed by atoms with Gasteiger partial charge in [0, 0.05) is 12.1 Å². The Balaban J connectivity index is 2.31. The lowest BCUT2D eigenvalue weighted by atomic mass is 9.85. The van der Waals surface area contributed by atoms with Gasteiger partial charge in [0.1, 0.15) is 0 Å². The van der Waals surface area contributed by atoms with Crippen LogP contribution in [0.3, 0.4) is 0 Å². The second kappa shape index (κ2) is 6.44. The van der Waals surface area contributed by atoms with Gasteiger partial charge in [-0.2, -0.15) is 0 Å². The van der Waals surface area contributed by atoms with E-state index in [4.69, 9.17) is 0 Å². The molecule has 0 aromatic heterocycles. The molecule has 1 nitrogen and oxygen atoms in total. The summed E-state index contributed by atoms with van der Waals surface area (Å²) in [6.07, 6.45) is 9.67. The third-order valence-electron chi connectivity index (χ3n) is 3.69. The molecule has 1 N–H and O–H groups in total. The van der Waals surface area contributed by atoms with Crippen LogP contribution >= 0.6 is 0 Å². The summed E-state index contributed by atoms with van der Waals surface area (Å²) in [6.45, 7) is 7.00. The Bertz CT molecular complexity index is 144. The van der Waals surface area contributed by atoms with Crippen LogP contribution in [0, 0.1) is 5.92 Å². The molecule has 0 aliphatic heterocycles. The van der Waals surface area contributed by atoms with Crippen LogP contribution in [0.4, 0.5) is 0 Å². The van der Waals surface area contributed by atoms with Gasteiger partial charge in [0.15, 0.2) is 0 Å². The first-order chi connectivity index (χ1) is 6.77. The van der Waals surface area contributed by atoms with Gasteiger partial charge in [0.25, 0.3) is 0 Å². The molecule has 0 bridgehead atoms. The Kier molecular flexibility index (Phi) is 5.54. The molecule has 1 saturated carbocycles. The zero-order chi connectivity index (χ0) is 10.4. The van der Waals surface area contributed by atoms with E-state index in [-0.39, 0.29) is 0 Å². The van der Waals surface area contributed by atoms with Gasteiger partial charge in [-0.05, 0) is 31.6 Å². The van der Waals surface area contributed by atoms with E-state index >= 15 is 0 Å². The van der Waals surface area contributed by atoms with E-state index in [0.717, 1.165) is 18.0 Å². The lowest BCUT2D eigenvalue weighted by molar-refractivity contribution is 0.250. The van der Waals surface area contributed by atoms with Gasteiger partial charge >= 0.3 is 0 Å². The quantitative estimate of drug-likeness (QED) is 0.708. The SMILES string of the molecule is CCCC(CC)NC1CCCCC1C. The minimum Gasteiger partial charge on any atom is -0.311 e. The first kappa shape index (κ1) is 12.0. The molecule has 1 fully saturated rings. The highest BCUT2D eigenvalue weighted by Gasteiger charge is 2.22. The lowest BCUT2D eigenvalue weighted by Gasteiger charge is -2.33. The van der Waals surface area contributed by atoms with Gasteiger partial charge < -0.3 is 5.32 Å². The monoisotopic (exact) mass is 197 g/mol. The summed E-state index contributed by atoms with van der Waals surface area (Å²) < 4.78 is 0. The van der Waals surface area contributed by atoms with Crippen molar-refractivity contribution in [3.63, 3.8) is 0 Å². The third kappa shape index (κ3) is 3.61. The molecule has 0 aromatic rings. The minimum absolute atomic E-state index is 0.769. The largest absolute Gasteiger partial charge is 0.311 e. The van der Waals surface area contributed by atoms with Crippen molar-refractivity contribution in [2.75, 3.05) is 0 Å². The predicted octanol–water partition coefficient (Wildman–Crippen LogP) is 3.73. The molecular weight excluding hydrogens is 170 g/mol. The van der Waals surface area contributed by atoms with Gasteiger partial charge in [-0.1, -0.05) is 40.0 Å². The van der Waals surface area contributed by atoms with Gasteiger partial charge in [0.2, 0.25) is 0 Å². The first-order valence-corrected chi connectivity index (χ1v) is 6.54. The molecule has 3 atom stereocenters. The number of nitrogens with one attached hydrogen (secondary N) is 1. The highest BCUT2D eigenvalue weighted by Crippen LogP contribution is 2.24. The van der Waals surface area contributed by atoms with Crippen LogP contribution in [0.25, 0.3) is 0 Å². The molecule has 1 rings (SSSR count). The summed E-state index contributed by atoms with van der Waals surface area (Å²) in [5.74, 6) is 0.898. The molecule has 0 heterocycles. The molecule has 3 unspecified atom stereocenters. The predicted molar refractivity (Wildman–Crippen MR) is 63.5 cm³/mol. The molecule has 1 aliphatic carbocycles. The summed E-state index contributed by atoms with van der Waals surface area (Å²) >= 11 is 0. The van der Waals surface area contributed by atoms with Crippen molar-refractivity contribution in [3.05, 3.63) is 0 Å². The normalized spacial score (nSPS) is 30.2. The molecule has 1 aliphatic rings. The van der Waals surface area contributed by atoms with Gasteiger partial charge in [-0.25, -0.2) is 0 Å². The van der Waals surface area contributed by atoms with Crippen molar-refractivity contribution in [2.24, 2.45) is 5.92 Å². The van der Waals surface area contributed by atoms with Gasteiger partial charge in [0.05, 0.1) is 0 Å². The Hall–Kier alpha value is -0.0400. The molecule has 0 spiro atoms. The Labute approximate surface area is 89.7 Å². The highest BCUT2D eigenvalue weighted by atomic mass is 15.0. The van der Waals surface area contributed by atoms with Gasteiger partial charge in [-0.3, -0.25) is 0 Å². The van der Waals surface area contributed by atoms with Crippen LogP contribution in [0.5, 0.6) is 0 Å². The Morgan fingerprint density at radius 2 is 1.93 bits per heavy atom. The maximum atomic E-state index is 3.86. The van der Waals surface area contributed by atoms with E-state index in [1.807, 2.05) is 0 Å². The fraction of sp³-hybridized carbons (Fsp3) is 1.00. The van der Waals surface area contributed by atoms with Crippen molar-refractivity contribution in [1.82, 2.24) is 5.32 Å². The summed E-state index contributed by atoms with van der Waals surface area (Å²) in [5, 5.41) is 3.86. The second-order valence-electron chi connectivity index (χ2n) is 4.93. The fourth-order valence-electron chi connectivity index (χ4n) is 2.62. The minimum atomic E-state index is 0.769. The summed E-state index contributed by atoms with van der Waals surface area (Å²) in [5.41, 5.74) is 0. The topological polar surface area (TPSA) is 12.0 Å². The number of hydrogen-bond donors (Lipinski definition) is 1.